The second-order valence-corrected chi connectivity index (χ2v) is 10.9. The third-order valence-corrected chi connectivity index (χ3v) is 7.51. The van der Waals surface area contributed by atoms with Gasteiger partial charge in [-0.1, -0.05) is 79.4 Å². The molecule has 4 N–H and O–H groups in total. The van der Waals surface area contributed by atoms with Crippen LogP contribution in [0.3, 0.4) is 0 Å². The fraction of sp³-hybridized carbons (Fsp3) is 0.394. The Kier molecular flexibility index (Phi) is 8.93. The number of aliphatic hydroxyl groups excluding tert-OH is 1. The van der Waals surface area contributed by atoms with Crippen molar-refractivity contribution in [3.63, 3.8) is 0 Å². The molecule has 0 radical (unpaired) electrons. The smallest absolute Gasteiger partial charge is 0.251 e. The Morgan fingerprint density at radius 1 is 1.08 bits per heavy atom. The molecule has 2 fully saturated rings. The van der Waals surface area contributed by atoms with Gasteiger partial charge in [-0.2, -0.15) is 0 Å². The Morgan fingerprint density at radius 3 is 2.49 bits per heavy atom. The highest BCUT2D eigenvalue weighted by Crippen LogP contribution is 2.37. The van der Waals surface area contributed by atoms with Crippen molar-refractivity contribution in [3.05, 3.63) is 83.9 Å². The van der Waals surface area contributed by atoms with Crippen LogP contribution in [0.25, 0.3) is 11.3 Å². The molecule has 2 aliphatic carbocycles. The van der Waals surface area contributed by atoms with Gasteiger partial charge in [0.1, 0.15) is 5.82 Å². The number of aromatic nitrogens is 1. The summed E-state index contributed by atoms with van der Waals surface area (Å²) in [5.74, 6) is 8.75. The van der Waals surface area contributed by atoms with E-state index in [1.165, 1.54) is 19.3 Å². The van der Waals surface area contributed by atoms with E-state index in [-0.39, 0.29) is 5.91 Å². The summed E-state index contributed by atoms with van der Waals surface area (Å²) in [5, 5.41) is 20.9. The Labute approximate surface area is 231 Å². The zero-order valence-electron chi connectivity index (χ0n) is 22.6. The SMILES string of the molecule is CC1CC1CNc1cc(C(=O)NC(Cc2ccccc2)C(O)CNCC#CC2CC2)cc(-c2ccccc2)n1. The van der Waals surface area contributed by atoms with E-state index in [1.54, 1.807) is 0 Å². The van der Waals surface area contributed by atoms with Crippen molar-refractivity contribution in [2.45, 2.75) is 44.8 Å². The molecule has 0 bridgehead atoms. The number of carbonyl (C=O) groups excluding carboxylic acids is 1. The number of nitrogens with one attached hydrogen (secondary N) is 3. The molecule has 6 heteroatoms. The second-order valence-electron chi connectivity index (χ2n) is 10.9. The van der Waals surface area contributed by atoms with Crippen molar-refractivity contribution in [1.29, 1.82) is 0 Å². The monoisotopic (exact) mass is 522 g/mol. The molecule has 1 heterocycles. The van der Waals surface area contributed by atoms with E-state index in [0.717, 1.165) is 29.3 Å². The molecule has 0 aliphatic heterocycles. The molecular weight excluding hydrogens is 484 g/mol. The zero-order valence-corrected chi connectivity index (χ0v) is 22.6. The normalized spacial score (nSPS) is 19.3. The lowest BCUT2D eigenvalue weighted by Crippen LogP contribution is -2.48. The zero-order chi connectivity index (χ0) is 27.0. The third kappa shape index (κ3) is 8.16. The summed E-state index contributed by atoms with van der Waals surface area (Å²) in [7, 11) is 0. The first-order valence-electron chi connectivity index (χ1n) is 14.1. The number of nitrogens with zero attached hydrogens (tertiary/aromatic N) is 1. The molecule has 1 aromatic heterocycles. The van der Waals surface area contributed by atoms with Crippen molar-refractivity contribution in [3.8, 4) is 23.1 Å². The van der Waals surface area contributed by atoms with Crippen LogP contribution in [-0.2, 0) is 6.42 Å². The van der Waals surface area contributed by atoms with Crippen LogP contribution in [0.15, 0.2) is 72.8 Å². The van der Waals surface area contributed by atoms with Gasteiger partial charge in [0.15, 0.2) is 0 Å². The van der Waals surface area contributed by atoms with Gasteiger partial charge in [-0.15, -0.1) is 0 Å². The lowest BCUT2D eigenvalue weighted by atomic mass is 10.00. The highest BCUT2D eigenvalue weighted by atomic mass is 16.3. The molecule has 1 amide bonds. The van der Waals surface area contributed by atoms with Crippen molar-refractivity contribution in [1.82, 2.24) is 15.6 Å². The van der Waals surface area contributed by atoms with E-state index in [2.05, 4.69) is 34.7 Å². The van der Waals surface area contributed by atoms with Crippen molar-refractivity contribution in [2.24, 2.45) is 17.8 Å². The number of rotatable bonds is 12. The first-order chi connectivity index (χ1) is 19.0. The molecule has 4 unspecified atom stereocenters. The van der Waals surface area contributed by atoms with Gasteiger partial charge < -0.3 is 21.1 Å². The third-order valence-electron chi connectivity index (χ3n) is 7.51. The Balaban J connectivity index is 1.32. The molecule has 2 aliphatic rings. The van der Waals surface area contributed by atoms with Gasteiger partial charge in [-0.05, 0) is 55.2 Å². The lowest BCUT2D eigenvalue weighted by Gasteiger charge is -2.25. The molecule has 39 heavy (non-hydrogen) atoms. The standard InChI is InChI=1S/C33H38N4O2/c1-23-17-28(23)21-35-32-20-27(19-29(36-32)26-12-6-3-7-13-26)33(39)37-30(18-25-9-4-2-5-10-25)31(38)22-34-16-8-11-24-14-15-24/h2-7,9-10,12-13,19-20,23-24,28,30-31,34,38H,14-18,21-22H2,1H3,(H,35,36)(H,37,39). The first-order valence-corrected chi connectivity index (χ1v) is 14.1. The number of hydrogen-bond acceptors (Lipinski definition) is 5. The summed E-state index contributed by atoms with van der Waals surface area (Å²) in [6.45, 7) is 3.97. The number of benzene rings is 2. The quantitative estimate of drug-likeness (QED) is 0.208. The van der Waals surface area contributed by atoms with E-state index < -0.39 is 12.1 Å². The predicted molar refractivity (Wildman–Crippen MR) is 156 cm³/mol. The maximum atomic E-state index is 13.6. The van der Waals surface area contributed by atoms with Gasteiger partial charge in [0.05, 0.1) is 24.4 Å². The molecule has 0 saturated heterocycles. The average Bonchev–Trinajstić information content (AvgIpc) is 3.90. The van der Waals surface area contributed by atoms with E-state index in [4.69, 9.17) is 4.98 Å². The van der Waals surface area contributed by atoms with E-state index in [9.17, 15) is 9.90 Å². The summed E-state index contributed by atoms with van der Waals surface area (Å²) in [6, 6.07) is 23.0. The minimum Gasteiger partial charge on any atom is -0.390 e. The minimum atomic E-state index is -0.777. The minimum absolute atomic E-state index is 0.231. The highest BCUT2D eigenvalue weighted by Gasteiger charge is 2.32. The van der Waals surface area contributed by atoms with Crippen LogP contribution in [0.2, 0.25) is 0 Å². The van der Waals surface area contributed by atoms with E-state index >= 15 is 0 Å². The van der Waals surface area contributed by atoms with Crippen LogP contribution in [0.1, 0.15) is 42.1 Å². The van der Waals surface area contributed by atoms with Crippen LogP contribution in [0.4, 0.5) is 5.82 Å². The molecule has 2 saturated carbocycles. The van der Waals surface area contributed by atoms with E-state index in [0.29, 0.717) is 42.7 Å². The molecule has 6 nitrogen and oxygen atoms in total. The second kappa shape index (κ2) is 12.9. The van der Waals surface area contributed by atoms with Gasteiger partial charge in [-0.3, -0.25) is 4.79 Å². The fourth-order valence-corrected chi connectivity index (χ4v) is 4.68. The Morgan fingerprint density at radius 2 is 1.79 bits per heavy atom. The lowest BCUT2D eigenvalue weighted by molar-refractivity contribution is 0.0832. The number of carbonyl (C=O) groups is 1. The van der Waals surface area contributed by atoms with E-state index in [1.807, 2.05) is 72.8 Å². The van der Waals surface area contributed by atoms with Crippen LogP contribution in [-0.4, -0.2) is 47.8 Å². The average molecular weight is 523 g/mol. The summed E-state index contributed by atoms with van der Waals surface area (Å²) in [5.41, 5.74) is 3.26. The van der Waals surface area contributed by atoms with Crippen LogP contribution in [0, 0.1) is 29.6 Å². The highest BCUT2D eigenvalue weighted by molar-refractivity contribution is 5.96. The number of aliphatic hydroxyl groups is 1. The number of pyridine rings is 1. The van der Waals surface area contributed by atoms with Gasteiger partial charge in [-0.25, -0.2) is 4.98 Å². The van der Waals surface area contributed by atoms with Gasteiger partial charge in [0, 0.05) is 30.1 Å². The molecule has 4 atom stereocenters. The molecule has 2 aromatic carbocycles. The molecule has 0 spiro atoms. The summed E-state index contributed by atoms with van der Waals surface area (Å²) in [6.07, 6.45) is 3.35. The number of anilines is 1. The predicted octanol–water partition coefficient (Wildman–Crippen LogP) is 4.52. The maximum absolute atomic E-state index is 13.6. The molecule has 202 valence electrons. The fourth-order valence-electron chi connectivity index (χ4n) is 4.68. The largest absolute Gasteiger partial charge is 0.390 e. The van der Waals surface area contributed by atoms with Crippen molar-refractivity contribution >= 4 is 11.7 Å². The van der Waals surface area contributed by atoms with Crippen LogP contribution in [0.5, 0.6) is 0 Å². The van der Waals surface area contributed by atoms with Crippen molar-refractivity contribution < 1.29 is 9.90 Å². The number of amides is 1. The van der Waals surface area contributed by atoms with Gasteiger partial charge in [0.2, 0.25) is 0 Å². The van der Waals surface area contributed by atoms with Crippen molar-refractivity contribution in [2.75, 3.05) is 25.0 Å². The number of hydrogen-bond donors (Lipinski definition) is 4. The maximum Gasteiger partial charge on any atom is 0.251 e. The Hall–Kier alpha value is -3.66. The molecule has 5 rings (SSSR count). The van der Waals surface area contributed by atoms with Crippen LogP contribution >= 0.6 is 0 Å². The topological polar surface area (TPSA) is 86.3 Å². The van der Waals surface area contributed by atoms with Gasteiger partial charge >= 0.3 is 0 Å². The molecular formula is C33H38N4O2. The summed E-state index contributed by atoms with van der Waals surface area (Å²) < 4.78 is 0. The van der Waals surface area contributed by atoms with Gasteiger partial charge in [0.25, 0.3) is 5.91 Å². The van der Waals surface area contributed by atoms with Crippen LogP contribution < -0.4 is 16.0 Å². The summed E-state index contributed by atoms with van der Waals surface area (Å²) >= 11 is 0. The molecule has 3 aromatic rings. The summed E-state index contributed by atoms with van der Waals surface area (Å²) in [4.78, 5) is 18.4. The Bertz CT molecular complexity index is 1300. The first kappa shape index (κ1) is 26.9.